The van der Waals surface area contributed by atoms with Gasteiger partial charge in [0.1, 0.15) is 23.2 Å². The van der Waals surface area contributed by atoms with Crippen LogP contribution in [0.4, 0.5) is 4.39 Å². The molecule has 0 spiro atoms. The lowest BCUT2D eigenvalue weighted by atomic mass is 9.74. The smallest absolute Gasteiger partial charge is 0.150 e. The topological polar surface area (TPSA) is 103 Å². The molecule has 0 unspecified atom stereocenters. The predicted molar refractivity (Wildman–Crippen MR) is 83.1 cm³/mol. The Bertz CT molecular complexity index is 600. The van der Waals surface area contributed by atoms with Crippen LogP contribution in [0.5, 0.6) is 0 Å². The van der Waals surface area contributed by atoms with Crippen molar-refractivity contribution in [1.82, 2.24) is 0 Å². The molecular formula is C15H20FN5. The first-order valence-corrected chi connectivity index (χ1v) is 6.83. The molecule has 0 saturated heterocycles. The second kappa shape index (κ2) is 5.95. The van der Waals surface area contributed by atoms with E-state index in [2.05, 4.69) is 16.7 Å². The number of benzene rings is 1. The van der Waals surface area contributed by atoms with Crippen molar-refractivity contribution in [2.24, 2.45) is 27.4 Å². The number of hydrogen-bond acceptors (Lipinski definition) is 4. The minimum absolute atomic E-state index is 0.0843. The fourth-order valence-electron chi connectivity index (χ4n) is 3.07. The Labute approximate surface area is 123 Å². The van der Waals surface area contributed by atoms with Gasteiger partial charge in [-0.1, -0.05) is 31.6 Å². The molecule has 1 aliphatic rings. The molecule has 6 heteroatoms. The standard InChI is InChI=1S/C15H20FN5/c1-10(17)20-14(18)13(21-19)15(7-2-3-8-15)11-5-4-6-12(16)9-11/h4-6,9H,1-3,7-8,17,19H2,(H2,18,20)/b21-13+. The first-order valence-electron chi connectivity index (χ1n) is 6.83. The highest BCUT2D eigenvalue weighted by atomic mass is 19.1. The SMILES string of the molecule is C=C(N)/N=C(N)\C(=N/N)C1(c2cccc(F)c2)CCCC1. The van der Waals surface area contributed by atoms with Gasteiger partial charge in [0.05, 0.1) is 0 Å². The van der Waals surface area contributed by atoms with Crippen molar-refractivity contribution in [3.8, 4) is 0 Å². The normalized spacial score (nSPS) is 18.7. The first kappa shape index (κ1) is 15.0. The summed E-state index contributed by atoms with van der Waals surface area (Å²) >= 11 is 0. The van der Waals surface area contributed by atoms with Crippen LogP contribution in [0.15, 0.2) is 46.8 Å². The van der Waals surface area contributed by atoms with Crippen LogP contribution in [0.1, 0.15) is 31.2 Å². The van der Waals surface area contributed by atoms with E-state index in [9.17, 15) is 4.39 Å². The van der Waals surface area contributed by atoms with Crippen LogP contribution in [0.3, 0.4) is 0 Å². The number of hydrogen-bond donors (Lipinski definition) is 3. The van der Waals surface area contributed by atoms with E-state index in [1.807, 2.05) is 6.07 Å². The molecule has 5 nitrogen and oxygen atoms in total. The molecule has 1 saturated carbocycles. The van der Waals surface area contributed by atoms with Crippen molar-refractivity contribution in [3.05, 3.63) is 48.0 Å². The van der Waals surface area contributed by atoms with E-state index in [4.69, 9.17) is 17.3 Å². The summed E-state index contributed by atoms with van der Waals surface area (Å²) in [6, 6.07) is 6.45. The summed E-state index contributed by atoms with van der Waals surface area (Å²) < 4.78 is 13.6. The van der Waals surface area contributed by atoms with Crippen molar-refractivity contribution in [1.29, 1.82) is 0 Å². The van der Waals surface area contributed by atoms with Gasteiger partial charge in [-0.2, -0.15) is 5.10 Å². The molecule has 1 aromatic carbocycles. The summed E-state index contributed by atoms with van der Waals surface area (Å²) in [7, 11) is 0. The summed E-state index contributed by atoms with van der Waals surface area (Å²) in [6.45, 7) is 3.50. The summed E-state index contributed by atoms with van der Waals surface area (Å²) in [4.78, 5) is 3.96. The van der Waals surface area contributed by atoms with E-state index in [0.29, 0.717) is 5.71 Å². The van der Waals surface area contributed by atoms with E-state index >= 15 is 0 Å². The third-order valence-electron chi connectivity index (χ3n) is 3.92. The fourth-order valence-corrected chi connectivity index (χ4v) is 3.07. The van der Waals surface area contributed by atoms with Crippen LogP contribution in [0.25, 0.3) is 0 Å². The second-order valence-corrected chi connectivity index (χ2v) is 5.27. The Hall–Kier alpha value is -2.37. The predicted octanol–water partition coefficient (Wildman–Crippen LogP) is 1.74. The summed E-state index contributed by atoms with van der Waals surface area (Å²) in [5.41, 5.74) is 12.2. The average molecular weight is 289 g/mol. The van der Waals surface area contributed by atoms with E-state index < -0.39 is 5.41 Å². The zero-order chi connectivity index (χ0) is 15.5. The highest BCUT2D eigenvalue weighted by molar-refractivity contribution is 6.44. The minimum Gasteiger partial charge on any atom is -0.384 e. The number of aliphatic imine (C=N–C) groups is 1. The summed E-state index contributed by atoms with van der Waals surface area (Å²) in [6.07, 6.45) is 3.57. The van der Waals surface area contributed by atoms with Crippen LogP contribution >= 0.6 is 0 Å². The Morgan fingerprint density at radius 2 is 1.90 bits per heavy atom. The molecule has 0 aliphatic heterocycles. The van der Waals surface area contributed by atoms with Crippen molar-refractivity contribution in [2.45, 2.75) is 31.1 Å². The third-order valence-corrected chi connectivity index (χ3v) is 3.92. The molecule has 1 fully saturated rings. The molecule has 112 valence electrons. The zero-order valence-corrected chi connectivity index (χ0v) is 11.8. The van der Waals surface area contributed by atoms with Gasteiger partial charge in [-0.15, -0.1) is 0 Å². The van der Waals surface area contributed by atoms with E-state index in [-0.39, 0.29) is 17.5 Å². The quantitative estimate of drug-likeness (QED) is 0.340. The Morgan fingerprint density at radius 1 is 1.24 bits per heavy atom. The molecular weight excluding hydrogens is 269 g/mol. The maximum Gasteiger partial charge on any atom is 0.150 e. The maximum absolute atomic E-state index is 13.6. The van der Waals surface area contributed by atoms with Gasteiger partial charge in [0.25, 0.3) is 0 Å². The van der Waals surface area contributed by atoms with Gasteiger partial charge >= 0.3 is 0 Å². The Kier molecular flexibility index (Phi) is 4.26. The number of nitrogens with zero attached hydrogens (tertiary/aromatic N) is 2. The van der Waals surface area contributed by atoms with Gasteiger partial charge in [0, 0.05) is 5.41 Å². The number of halogens is 1. The lowest BCUT2D eigenvalue weighted by molar-refractivity contribution is 0.582. The van der Waals surface area contributed by atoms with Gasteiger partial charge in [-0.05, 0) is 30.5 Å². The molecule has 21 heavy (non-hydrogen) atoms. The number of nitrogens with two attached hydrogens (primary N) is 3. The van der Waals surface area contributed by atoms with Crippen LogP contribution in [0.2, 0.25) is 0 Å². The average Bonchev–Trinajstić information content (AvgIpc) is 2.89. The van der Waals surface area contributed by atoms with Crippen molar-refractivity contribution in [2.75, 3.05) is 0 Å². The highest BCUT2D eigenvalue weighted by Crippen LogP contribution is 2.42. The molecule has 2 rings (SSSR count). The van der Waals surface area contributed by atoms with Crippen molar-refractivity contribution >= 4 is 11.5 Å². The monoisotopic (exact) mass is 289 g/mol. The lowest BCUT2D eigenvalue weighted by Gasteiger charge is -2.30. The number of amidine groups is 1. The molecule has 0 bridgehead atoms. The molecule has 0 aromatic heterocycles. The molecule has 0 radical (unpaired) electrons. The van der Waals surface area contributed by atoms with Gasteiger partial charge in [0.15, 0.2) is 0 Å². The molecule has 0 atom stereocenters. The second-order valence-electron chi connectivity index (χ2n) is 5.27. The molecule has 6 N–H and O–H groups in total. The largest absolute Gasteiger partial charge is 0.384 e. The Morgan fingerprint density at radius 3 is 2.43 bits per heavy atom. The number of hydrazone groups is 1. The van der Waals surface area contributed by atoms with E-state index in [1.165, 1.54) is 12.1 Å². The van der Waals surface area contributed by atoms with Gasteiger partial charge in [0.2, 0.25) is 0 Å². The van der Waals surface area contributed by atoms with E-state index in [1.54, 1.807) is 6.07 Å². The number of rotatable bonds is 4. The van der Waals surface area contributed by atoms with Crippen LogP contribution in [-0.2, 0) is 5.41 Å². The van der Waals surface area contributed by atoms with E-state index in [0.717, 1.165) is 31.2 Å². The lowest BCUT2D eigenvalue weighted by Crippen LogP contribution is -2.43. The van der Waals surface area contributed by atoms with Crippen LogP contribution in [-0.4, -0.2) is 11.5 Å². The maximum atomic E-state index is 13.6. The van der Waals surface area contributed by atoms with Gasteiger partial charge < -0.3 is 17.3 Å². The van der Waals surface area contributed by atoms with Gasteiger partial charge in [-0.3, -0.25) is 0 Å². The van der Waals surface area contributed by atoms with Crippen LogP contribution in [0, 0.1) is 5.82 Å². The minimum atomic E-state index is -0.514. The molecule has 1 aliphatic carbocycles. The molecule has 1 aromatic rings. The summed E-state index contributed by atoms with van der Waals surface area (Å²) in [5, 5.41) is 3.84. The van der Waals surface area contributed by atoms with Crippen LogP contribution < -0.4 is 17.3 Å². The molecule has 0 amide bonds. The van der Waals surface area contributed by atoms with Gasteiger partial charge in [-0.25, -0.2) is 9.38 Å². The molecule has 0 heterocycles. The fraction of sp³-hybridized carbons (Fsp3) is 0.333. The Balaban J connectivity index is 2.54. The third kappa shape index (κ3) is 2.89. The highest BCUT2D eigenvalue weighted by Gasteiger charge is 2.42. The first-order chi connectivity index (χ1) is 9.99. The summed E-state index contributed by atoms with van der Waals surface area (Å²) in [5.74, 6) is 5.48. The van der Waals surface area contributed by atoms with Crippen molar-refractivity contribution in [3.63, 3.8) is 0 Å². The zero-order valence-electron chi connectivity index (χ0n) is 11.8. The van der Waals surface area contributed by atoms with Crippen molar-refractivity contribution < 1.29 is 4.39 Å².